The summed E-state index contributed by atoms with van der Waals surface area (Å²) in [5, 5.41) is 3.05. The van der Waals surface area contributed by atoms with Crippen LogP contribution in [0.15, 0.2) is 51.6 Å². The third-order valence-corrected chi connectivity index (χ3v) is 5.18. The molecular formula is C19H23BrN3O3+. The lowest BCUT2D eigenvalue weighted by Crippen LogP contribution is -3.15. The minimum atomic E-state index is -0.0811. The maximum absolute atomic E-state index is 12.3. The topological polar surface area (TPSA) is 67.0 Å². The number of benzene rings is 1. The Morgan fingerprint density at radius 2 is 1.92 bits per heavy atom. The van der Waals surface area contributed by atoms with Crippen LogP contribution in [0, 0.1) is 0 Å². The molecule has 6 nitrogen and oxygen atoms in total. The molecule has 0 spiro atoms. The monoisotopic (exact) mass is 420 g/mol. The lowest BCUT2D eigenvalue weighted by atomic mass is 10.1. The normalized spacial score (nSPS) is 16.3. The molecule has 0 aliphatic carbocycles. The first-order chi connectivity index (χ1) is 12.5. The highest BCUT2D eigenvalue weighted by molar-refractivity contribution is 9.10. The molecule has 1 saturated heterocycles. The number of nitrogens with zero attached hydrogens (tertiary/aromatic N) is 1. The van der Waals surface area contributed by atoms with Crippen molar-refractivity contribution >= 4 is 27.7 Å². The van der Waals surface area contributed by atoms with Crippen LogP contribution in [0.3, 0.4) is 0 Å². The number of hydrogen-bond donors (Lipinski definition) is 2. The van der Waals surface area contributed by atoms with Crippen LogP contribution in [-0.2, 0) is 4.79 Å². The molecule has 2 N–H and O–H groups in total. The molecule has 0 bridgehead atoms. The average molecular weight is 421 g/mol. The van der Waals surface area contributed by atoms with Crippen molar-refractivity contribution in [1.82, 2.24) is 10.2 Å². The van der Waals surface area contributed by atoms with Gasteiger partial charge >= 0.3 is 0 Å². The molecule has 2 amide bonds. The van der Waals surface area contributed by atoms with Crippen molar-refractivity contribution in [1.29, 1.82) is 0 Å². The molecule has 0 radical (unpaired) electrons. The Morgan fingerprint density at radius 3 is 2.54 bits per heavy atom. The summed E-state index contributed by atoms with van der Waals surface area (Å²) in [6, 6.07) is 11.3. The number of halogens is 1. The quantitative estimate of drug-likeness (QED) is 0.764. The Labute approximate surface area is 161 Å². The maximum Gasteiger partial charge on any atom is 0.289 e. The van der Waals surface area contributed by atoms with Crippen LogP contribution < -0.4 is 10.2 Å². The molecule has 138 valence electrons. The second-order valence-corrected chi connectivity index (χ2v) is 7.45. The first kappa shape index (κ1) is 18.7. The molecule has 7 heteroatoms. The molecule has 1 aromatic carbocycles. The third kappa shape index (κ3) is 4.74. The average Bonchev–Trinajstić information content (AvgIpc) is 3.17. The van der Waals surface area contributed by atoms with Crippen molar-refractivity contribution < 1.29 is 18.9 Å². The molecule has 0 saturated carbocycles. The van der Waals surface area contributed by atoms with Gasteiger partial charge in [-0.1, -0.05) is 28.1 Å². The minimum absolute atomic E-state index is 0.0289. The Bertz CT molecular complexity index is 738. The Kier molecular flexibility index (Phi) is 6.11. The van der Waals surface area contributed by atoms with Gasteiger partial charge in [-0.2, -0.15) is 0 Å². The van der Waals surface area contributed by atoms with Crippen molar-refractivity contribution in [3.05, 3.63) is 58.5 Å². The number of amides is 2. The largest absolute Gasteiger partial charge is 0.459 e. The standard InChI is InChI=1S/C19H22BrN3O3/c1-14(15-4-6-16(20)7-5-15)21-18(24)13-22-8-10-23(11-9-22)19(25)17-3-2-12-26-17/h2-7,12,14H,8-11,13H2,1H3,(H,21,24)/p+1/t14-/m0/s1. The summed E-state index contributed by atoms with van der Waals surface area (Å²) in [6.45, 7) is 5.17. The number of hydrogen-bond acceptors (Lipinski definition) is 3. The zero-order valence-electron chi connectivity index (χ0n) is 14.7. The molecule has 3 rings (SSSR count). The summed E-state index contributed by atoms with van der Waals surface area (Å²) in [4.78, 5) is 27.6. The van der Waals surface area contributed by atoms with Gasteiger partial charge in [-0.05, 0) is 36.8 Å². The third-order valence-electron chi connectivity index (χ3n) is 4.65. The second-order valence-electron chi connectivity index (χ2n) is 6.54. The van der Waals surface area contributed by atoms with Crippen LogP contribution in [0.1, 0.15) is 29.1 Å². The highest BCUT2D eigenvalue weighted by atomic mass is 79.9. The Balaban J connectivity index is 1.44. The summed E-state index contributed by atoms with van der Waals surface area (Å²) in [6.07, 6.45) is 1.51. The molecular weight excluding hydrogens is 398 g/mol. The summed E-state index contributed by atoms with van der Waals surface area (Å²) in [5.74, 6) is 0.318. The van der Waals surface area contributed by atoms with Crippen LogP contribution in [-0.4, -0.2) is 49.4 Å². The molecule has 1 aliphatic heterocycles. The Morgan fingerprint density at radius 1 is 1.23 bits per heavy atom. The van der Waals surface area contributed by atoms with Crippen molar-refractivity contribution in [3.63, 3.8) is 0 Å². The van der Waals surface area contributed by atoms with Gasteiger partial charge in [0.2, 0.25) is 0 Å². The molecule has 2 heterocycles. The summed E-state index contributed by atoms with van der Waals surface area (Å²) in [7, 11) is 0. The minimum Gasteiger partial charge on any atom is -0.459 e. The number of carbonyl (C=O) groups is 2. The van der Waals surface area contributed by atoms with E-state index in [0.29, 0.717) is 25.4 Å². The van der Waals surface area contributed by atoms with E-state index in [0.717, 1.165) is 23.1 Å². The van der Waals surface area contributed by atoms with Gasteiger partial charge in [-0.25, -0.2) is 0 Å². The zero-order chi connectivity index (χ0) is 18.5. The summed E-state index contributed by atoms with van der Waals surface area (Å²) >= 11 is 3.41. The van der Waals surface area contributed by atoms with Crippen LogP contribution >= 0.6 is 15.9 Å². The van der Waals surface area contributed by atoms with Gasteiger partial charge in [-0.15, -0.1) is 0 Å². The summed E-state index contributed by atoms with van der Waals surface area (Å²) < 4.78 is 6.19. The van der Waals surface area contributed by atoms with E-state index in [4.69, 9.17) is 4.42 Å². The van der Waals surface area contributed by atoms with Gasteiger partial charge < -0.3 is 19.5 Å². The van der Waals surface area contributed by atoms with Gasteiger partial charge in [0.05, 0.1) is 38.5 Å². The number of furan rings is 1. The van der Waals surface area contributed by atoms with E-state index < -0.39 is 0 Å². The highest BCUT2D eigenvalue weighted by Crippen LogP contribution is 2.16. The van der Waals surface area contributed by atoms with Gasteiger partial charge in [0.25, 0.3) is 11.8 Å². The second kappa shape index (κ2) is 8.51. The summed E-state index contributed by atoms with van der Waals surface area (Å²) in [5.41, 5.74) is 1.07. The predicted molar refractivity (Wildman–Crippen MR) is 101 cm³/mol. The van der Waals surface area contributed by atoms with E-state index in [9.17, 15) is 9.59 Å². The van der Waals surface area contributed by atoms with Crippen molar-refractivity contribution in [3.8, 4) is 0 Å². The fourth-order valence-corrected chi connectivity index (χ4v) is 3.38. The lowest BCUT2D eigenvalue weighted by Gasteiger charge is -2.31. The smallest absolute Gasteiger partial charge is 0.289 e. The van der Waals surface area contributed by atoms with E-state index in [1.54, 1.807) is 17.0 Å². The van der Waals surface area contributed by atoms with E-state index >= 15 is 0 Å². The van der Waals surface area contributed by atoms with E-state index in [1.165, 1.54) is 11.2 Å². The molecule has 1 atom stereocenters. The molecule has 1 aromatic heterocycles. The van der Waals surface area contributed by atoms with E-state index in [2.05, 4.69) is 21.2 Å². The van der Waals surface area contributed by atoms with Crippen LogP contribution in [0.2, 0.25) is 0 Å². The lowest BCUT2D eigenvalue weighted by molar-refractivity contribution is -0.896. The van der Waals surface area contributed by atoms with Gasteiger partial charge in [0.1, 0.15) is 0 Å². The Hall–Kier alpha value is -2.12. The number of rotatable bonds is 5. The van der Waals surface area contributed by atoms with Crippen molar-refractivity contribution in [2.75, 3.05) is 32.7 Å². The van der Waals surface area contributed by atoms with Crippen LogP contribution in [0.25, 0.3) is 0 Å². The van der Waals surface area contributed by atoms with Crippen LogP contribution in [0.4, 0.5) is 0 Å². The fourth-order valence-electron chi connectivity index (χ4n) is 3.11. The van der Waals surface area contributed by atoms with Gasteiger partial charge in [0.15, 0.2) is 12.3 Å². The molecule has 1 fully saturated rings. The van der Waals surface area contributed by atoms with E-state index in [-0.39, 0.29) is 17.9 Å². The maximum atomic E-state index is 12.3. The van der Waals surface area contributed by atoms with E-state index in [1.807, 2.05) is 31.2 Å². The highest BCUT2D eigenvalue weighted by Gasteiger charge is 2.27. The SMILES string of the molecule is C[C@H](NC(=O)C[NH+]1CCN(C(=O)c2ccco2)CC1)c1ccc(Br)cc1. The van der Waals surface area contributed by atoms with Crippen molar-refractivity contribution in [2.24, 2.45) is 0 Å². The number of quaternary nitrogens is 1. The van der Waals surface area contributed by atoms with Crippen LogP contribution in [0.5, 0.6) is 0 Å². The number of carbonyl (C=O) groups excluding carboxylic acids is 2. The van der Waals surface area contributed by atoms with Gasteiger partial charge in [-0.3, -0.25) is 9.59 Å². The molecule has 2 aromatic rings. The molecule has 0 unspecified atom stereocenters. The first-order valence-electron chi connectivity index (χ1n) is 8.74. The molecule has 1 aliphatic rings. The van der Waals surface area contributed by atoms with Crippen molar-refractivity contribution in [2.45, 2.75) is 13.0 Å². The molecule has 26 heavy (non-hydrogen) atoms. The fraction of sp³-hybridized carbons (Fsp3) is 0.368. The zero-order valence-corrected chi connectivity index (χ0v) is 16.3. The van der Waals surface area contributed by atoms with Gasteiger partial charge in [0, 0.05) is 4.47 Å². The first-order valence-corrected chi connectivity index (χ1v) is 9.53. The number of nitrogens with one attached hydrogen (secondary N) is 2. The number of piperazine rings is 1. The predicted octanol–water partition coefficient (Wildman–Crippen LogP) is 1.26.